The van der Waals surface area contributed by atoms with Crippen LogP contribution in [0.15, 0.2) is 42.6 Å². The Kier molecular flexibility index (Phi) is 7.08. The summed E-state index contributed by atoms with van der Waals surface area (Å²) in [6.45, 7) is 1.85. The van der Waals surface area contributed by atoms with E-state index in [2.05, 4.69) is 10.3 Å². The van der Waals surface area contributed by atoms with Crippen LogP contribution in [0, 0.1) is 0 Å². The SMILES string of the molecule is COc1ccnc(C(=O)N[C@H]2COCC(Oc3ccccc3)CC(C)OC2=O)c1O. The van der Waals surface area contributed by atoms with Gasteiger partial charge < -0.3 is 29.4 Å². The monoisotopic (exact) mass is 416 g/mol. The molecule has 9 heteroatoms. The summed E-state index contributed by atoms with van der Waals surface area (Å²) in [5.41, 5.74) is -0.264. The molecule has 0 bridgehead atoms. The quantitative estimate of drug-likeness (QED) is 0.708. The molecule has 1 amide bonds. The van der Waals surface area contributed by atoms with Crippen molar-refractivity contribution in [2.24, 2.45) is 0 Å². The standard InChI is InChI=1S/C21H24N2O7/c1-13-10-15(30-14-6-4-3-5-7-14)11-28-12-16(21(26)29-13)23-20(25)18-19(24)17(27-2)8-9-22-18/h3-9,13,15-16,24H,10-12H2,1-2H3,(H,23,25)/t13?,15?,16-/m0/s1. The number of aromatic nitrogens is 1. The number of para-hydroxylation sites is 1. The number of nitrogens with zero attached hydrogens (tertiary/aromatic N) is 1. The number of cyclic esters (lactones) is 1. The van der Waals surface area contributed by atoms with E-state index in [1.165, 1.54) is 19.4 Å². The van der Waals surface area contributed by atoms with Crippen LogP contribution in [0.2, 0.25) is 0 Å². The van der Waals surface area contributed by atoms with E-state index in [9.17, 15) is 14.7 Å². The molecule has 0 spiro atoms. The fraction of sp³-hybridized carbons (Fsp3) is 0.381. The molecule has 3 atom stereocenters. The second kappa shape index (κ2) is 9.93. The largest absolute Gasteiger partial charge is 0.503 e. The topological polar surface area (TPSA) is 116 Å². The zero-order valence-corrected chi connectivity index (χ0v) is 16.7. The molecular formula is C21H24N2O7. The van der Waals surface area contributed by atoms with Crippen LogP contribution in [0.3, 0.4) is 0 Å². The van der Waals surface area contributed by atoms with E-state index < -0.39 is 29.8 Å². The van der Waals surface area contributed by atoms with Crippen molar-refractivity contribution in [3.05, 3.63) is 48.3 Å². The summed E-state index contributed by atoms with van der Waals surface area (Å²) in [6.07, 6.45) is 0.975. The van der Waals surface area contributed by atoms with Crippen LogP contribution in [-0.2, 0) is 14.3 Å². The summed E-state index contributed by atoms with van der Waals surface area (Å²) in [7, 11) is 1.36. The molecule has 0 aliphatic carbocycles. The second-order valence-corrected chi connectivity index (χ2v) is 6.81. The maximum Gasteiger partial charge on any atom is 0.331 e. The predicted molar refractivity (Wildman–Crippen MR) is 106 cm³/mol. The van der Waals surface area contributed by atoms with Crippen molar-refractivity contribution in [1.29, 1.82) is 0 Å². The Hall–Kier alpha value is -3.33. The number of carbonyl (C=O) groups excluding carboxylic acids is 2. The predicted octanol–water partition coefficient (Wildman–Crippen LogP) is 1.69. The Labute approximate surface area is 173 Å². The number of aromatic hydroxyl groups is 1. The van der Waals surface area contributed by atoms with Crippen molar-refractivity contribution >= 4 is 11.9 Å². The molecule has 1 saturated heterocycles. The average Bonchev–Trinajstić information content (AvgIpc) is 2.78. The summed E-state index contributed by atoms with van der Waals surface area (Å²) in [6, 6.07) is 9.63. The van der Waals surface area contributed by atoms with Gasteiger partial charge in [-0.15, -0.1) is 0 Å². The van der Waals surface area contributed by atoms with Crippen LogP contribution < -0.4 is 14.8 Å². The first-order valence-electron chi connectivity index (χ1n) is 9.50. The number of pyridine rings is 1. The Bertz CT molecular complexity index is 875. The van der Waals surface area contributed by atoms with Crippen molar-refractivity contribution < 1.29 is 33.6 Å². The van der Waals surface area contributed by atoms with E-state index in [-0.39, 0.29) is 30.8 Å². The zero-order chi connectivity index (χ0) is 21.5. The van der Waals surface area contributed by atoms with Gasteiger partial charge in [-0.2, -0.15) is 0 Å². The van der Waals surface area contributed by atoms with Gasteiger partial charge in [-0.1, -0.05) is 18.2 Å². The van der Waals surface area contributed by atoms with E-state index in [0.717, 1.165) is 0 Å². The van der Waals surface area contributed by atoms with Gasteiger partial charge in [-0.05, 0) is 19.1 Å². The van der Waals surface area contributed by atoms with Crippen molar-refractivity contribution in [2.75, 3.05) is 20.3 Å². The molecule has 30 heavy (non-hydrogen) atoms. The van der Waals surface area contributed by atoms with Gasteiger partial charge in [0, 0.05) is 18.7 Å². The van der Waals surface area contributed by atoms with Crippen LogP contribution in [0.25, 0.3) is 0 Å². The molecule has 1 aliphatic heterocycles. The summed E-state index contributed by atoms with van der Waals surface area (Å²) in [5.74, 6) is -1.02. The maximum absolute atomic E-state index is 12.5. The van der Waals surface area contributed by atoms with Crippen LogP contribution in [0.4, 0.5) is 0 Å². The molecule has 1 fully saturated rings. The van der Waals surface area contributed by atoms with Crippen LogP contribution in [-0.4, -0.2) is 60.5 Å². The summed E-state index contributed by atoms with van der Waals surface area (Å²) in [5, 5.41) is 12.6. The van der Waals surface area contributed by atoms with Gasteiger partial charge in [0.1, 0.15) is 18.0 Å². The number of ether oxygens (including phenoxy) is 4. The molecule has 1 aromatic carbocycles. The number of methoxy groups -OCH3 is 1. The van der Waals surface area contributed by atoms with Gasteiger partial charge in [-0.25, -0.2) is 9.78 Å². The average molecular weight is 416 g/mol. The van der Waals surface area contributed by atoms with E-state index in [4.69, 9.17) is 18.9 Å². The van der Waals surface area contributed by atoms with Crippen molar-refractivity contribution in [2.45, 2.75) is 31.6 Å². The molecule has 0 radical (unpaired) electrons. The molecule has 2 heterocycles. The van der Waals surface area contributed by atoms with Gasteiger partial charge in [0.25, 0.3) is 5.91 Å². The molecule has 1 aromatic heterocycles. The number of hydrogen-bond donors (Lipinski definition) is 2. The third kappa shape index (κ3) is 5.38. The number of esters is 1. The highest BCUT2D eigenvalue weighted by Gasteiger charge is 2.30. The first-order valence-corrected chi connectivity index (χ1v) is 9.50. The highest BCUT2D eigenvalue weighted by atomic mass is 16.6. The minimum absolute atomic E-state index is 0.0953. The molecule has 2 unspecified atom stereocenters. The number of rotatable bonds is 5. The highest BCUT2D eigenvalue weighted by molar-refractivity contribution is 5.98. The van der Waals surface area contributed by atoms with Crippen LogP contribution >= 0.6 is 0 Å². The normalized spacial score (nSPS) is 22.1. The zero-order valence-electron chi connectivity index (χ0n) is 16.7. The number of hydrogen-bond acceptors (Lipinski definition) is 8. The van der Waals surface area contributed by atoms with Gasteiger partial charge in [-0.3, -0.25) is 4.79 Å². The number of nitrogens with one attached hydrogen (secondary N) is 1. The molecule has 9 nitrogen and oxygen atoms in total. The smallest absolute Gasteiger partial charge is 0.331 e. The van der Waals surface area contributed by atoms with Crippen molar-refractivity contribution in [3.63, 3.8) is 0 Å². The molecule has 3 rings (SSSR count). The van der Waals surface area contributed by atoms with Gasteiger partial charge in [0.05, 0.1) is 20.3 Å². The van der Waals surface area contributed by atoms with E-state index in [0.29, 0.717) is 12.2 Å². The summed E-state index contributed by atoms with van der Waals surface area (Å²) < 4.78 is 22.0. The third-order valence-corrected chi connectivity index (χ3v) is 4.46. The Morgan fingerprint density at radius 3 is 2.73 bits per heavy atom. The van der Waals surface area contributed by atoms with Gasteiger partial charge in [0.15, 0.2) is 23.2 Å². The van der Waals surface area contributed by atoms with Gasteiger partial charge in [0.2, 0.25) is 0 Å². The van der Waals surface area contributed by atoms with Crippen LogP contribution in [0.5, 0.6) is 17.2 Å². The van der Waals surface area contributed by atoms with E-state index in [1.54, 1.807) is 6.92 Å². The lowest BCUT2D eigenvalue weighted by molar-refractivity contribution is -0.151. The maximum atomic E-state index is 12.5. The van der Waals surface area contributed by atoms with Crippen LogP contribution in [0.1, 0.15) is 23.8 Å². The minimum Gasteiger partial charge on any atom is -0.503 e. The second-order valence-electron chi connectivity index (χ2n) is 6.81. The fourth-order valence-electron chi connectivity index (χ4n) is 3.02. The van der Waals surface area contributed by atoms with E-state index in [1.807, 2.05) is 30.3 Å². The number of carbonyl (C=O) groups is 2. The van der Waals surface area contributed by atoms with Crippen molar-refractivity contribution in [3.8, 4) is 17.2 Å². The Morgan fingerprint density at radius 2 is 2.00 bits per heavy atom. The molecule has 2 N–H and O–H groups in total. The summed E-state index contributed by atoms with van der Waals surface area (Å²) >= 11 is 0. The first kappa shape index (κ1) is 21.4. The Balaban J connectivity index is 1.67. The first-order chi connectivity index (χ1) is 14.5. The van der Waals surface area contributed by atoms with Crippen molar-refractivity contribution in [1.82, 2.24) is 10.3 Å². The lowest BCUT2D eigenvalue weighted by Crippen LogP contribution is -2.45. The summed E-state index contributed by atoms with van der Waals surface area (Å²) in [4.78, 5) is 28.9. The minimum atomic E-state index is -1.07. The lowest BCUT2D eigenvalue weighted by Gasteiger charge is -2.21. The third-order valence-electron chi connectivity index (χ3n) is 4.46. The number of amides is 1. The lowest BCUT2D eigenvalue weighted by atomic mass is 10.2. The highest BCUT2D eigenvalue weighted by Crippen LogP contribution is 2.27. The molecule has 1 aliphatic rings. The number of benzene rings is 1. The molecular weight excluding hydrogens is 392 g/mol. The molecule has 160 valence electrons. The molecule has 2 aromatic rings. The molecule has 0 saturated carbocycles. The van der Waals surface area contributed by atoms with Gasteiger partial charge >= 0.3 is 5.97 Å². The fourth-order valence-corrected chi connectivity index (χ4v) is 3.02. The Morgan fingerprint density at radius 1 is 1.23 bits per heavy atom. The van der Waals surface area contributed by atoms with E-state index >= 15 is 0 Å².